The number of urea groups is 1. The summed E-state index contributed by atoms with van der Waals surface area (Å²) in [4.78, 5) is 32.7. The second kappa shape index (κ2) is 6.19. The zero-order valence-corrected chi connectivity index (χ0v) is 10.7. The monoisotopic (exact) mass is 286 g/mol. The van der Waals surface area contributed by atoms with Crippen LogP contribution in [0, 0.1) is 5.82 Å². The van der Waals surface area contributed by atoms with E-state index in [4.69, 9.17) is 10.8 Å². The lowest BCUT2D eigenvalue weighted by Gasteiger charge is -2.11. The first-order valence-electron chi connectivity index (χ1n) is 5.11. The Hall–Kier alpha value is -2.09. The fourth-order valence-electron chi connectivity index (χ4n) is 1.19. The van der Waals surface area contributed by atoms with Crippen LogP contribution in [-0.2, 0) is 4.79 Å². The number of hydrogen-bond acceptors (Lipinski definition) is 4. The van der Waals surface area contributed by atoms with Gasteiger partial charge in [0, 0.05) is 4.90 Å². The predicted octanol–water partition coefficient (Wildman–Crippen LogP) is 1.20. The van der Waals surface area contributed by atoms with Crippen molar-refractivity contribution in [1.29, 1.82) is 0 Å². The number of primary amides is 1. The zero-order chi connectivity index (χ0) is 14.6. The van der Waals surface area contributed by atoms with Crippen LogP contribution in [-0.4, -0.2) is 28.3 Å². The number of benzene rings is 1. The summed E-state index contributed by atoms with van der Waals surface area (Å²) in [5.41, 5.74) is 4.70. The summed E-state index contributed by atoms with van der Waals surface area (Å²) in [6.45, 7) is 1.44. The highest BCUT2D eigenvalue weighted by molar-refractivity contribution is 8.00. The van der Waals surface area contributed by atoms with E-state index in [1.807, 2.05) is 5.32 Å². The average Bonchev–Trinajstić information content (AvgIpc) is 2.30. The fraction of sp³-hybridized carbons (Fsp3) is 0.182. The molecule has 0 aliphatic heterocycles. The number of amides is 3. The molecular formula is C11H11FN2O4S. The Balaban J connectivity index is 2.86. The Morgan fingerprint density at radius 2 is 2.05 bits per heavy atom. The molecule has 3 amide bonds. The number of nitrogens with one attached hydrogen (secondary N) is 1. The number of halogens is 1. The maximum atomic E-state index is 13.5. The van der Waals surface area contributed by atoms with Crippen LogP contribution in [0.2, 0.25) is 0 Å². The van der Waals surface area contributed by atoms with E-state index in [1.165, 1.54) is 6.92 Å². The van der Waals surface area contributed by atoms with Gasteiger partial charge in [-0.05, 0) is 25.1 Å². The molecule has 1 atom stereocenters. The third-order valence-electron chi connectivity index (χ3n) is 2.10. The summed E-state index contributed by atoms with van der Waals surface area (Å²) in [6, 6.07) is 2.24. The van der Waals surface area contributed by atoms with Gasteiger partial charge in [-0.2, -0.15) is 0 Å². The van der Waals surface area contributed by atoms with Gasteiger partial charge >= 0.3 is 12.0 Å². The lowest BCUT2D eigenvalue weighted by atomic mass is 10.2. The van der Waals surface area contributed by atoms with Crippen LogP contribution in [0.5, 0.6) is 0 Å². The Morgan fingerprint density at radius 1 is 1.42 bits per heavy atom. The molecule has 0 saturated carbocycles. The van der Waals surface area contributed by atoms with E-state index in [2.05, 4.69) is 0 Å². The van der Waals surface area contributed by atoms with Gasteiger partial charge in [0.1, 0.15) is 5.82 Å². The number of hydrogen-bond donors (Lipinski definition) is 3. The topological polar surface area (TPSA) is 109 Å². The van der Waals surface area contributed by atoms with Gasteiger partial charge in [-0.1, -0.05) is 0 Å². The van der Waals surface area contributed by atoms with Gasteiger partial charge in [0.25, 0.3) is 0 Å². The molecular weight excluding hydrogens is 275 g/mol. The van der Waals surface area contributed by atoms with Crippen molar-refractivity contribution in [1.82, 2.24) is 5.32 Å². The number of carbonyl (C=O) groups excluding carboxylic acids is 2. The molecule has 0 radical (unpaired) electrons. The Kier molecular flexibility index (Phi) is 4.87. The van der Waals surface area contributed by atoms with Crippen molar-refractivity contribution >= 4 is 29.7 Å². The van der Waals surface area contributed by atoms with Gasteiger partial charge in [0.05, 0.1) is 10.8 Å². The standard InChI is InChI=1S/C11H11FN2O4S/c1-5(9(15)14-11(13)18)19-8-4-6(10(16)17)2-3-7(8)12/h2-5H,1H3,(H,16,17)(H3,13,14,15,18). The number of imide groups is 1. The van der Waals surface area contributed by atoms with E-state index in [0.717, 1.165) is 30.0 Å². The first-order chi connectivity index (χ1) is 8.81. The highest BCUT2D eigenvalue weighted by Gasteiger charge is 2.18. The molecule has 8 heteroatoms. The number of carboxylic acid groups (broad SMARTS) is 1. The molecule has 4 N–H and O–H groups in total. The lowest BCUT2D eigenvalue weighted by molar-refractivity contribution is -0.119. The van der Waals surface area contributed by atoms with Crippen molar-refractivity contribution in [3.05, 3.63) is 29.6 Å². The highest BCUT2D eigenvalue weighted by atomic mass is 32.2. The molecule has 0 aliphatic rings. The van der Waals surface area contributed by atoms with Crippen LogP contribution in [0.15, 0.2) is 23.1 Å². The molecule has 0 spiro atoms. The van der Waals surface area contributed by atoms with Gasteiger partial charge < -0.3 is 10.8 Å². The zero-order valence-electron chi connectivity index (χ0n) is 9.84. The van der Waals surface area contributed by atoms with Crippen molar-refractivity contribution < 1.29 is 23.9 Å². The van der Waals surface area contributed by atoms with Crippen molar-refractivity contribution in [2.24, 2.45) is 5.73 Å². The predicted molar refractivity (Wildman–Crippen MR) is 66.4 cm³/mol. The molecule has 0 aromatic heterocycles. The van der Waals surface area contributed by atoms with Crippen molar-refractivity contribution in [3.8, 4) is 0 Å². The minimum Gasteiger partial charge on any atom is -0.478 e. The number of carbonyl (C=O) groups is 3. The molecule has 0 aliphatic carbocycles. The molecule has 1 rings (SSSR count). The smallest absolute Gasteiger partial charge is 0.335 e. The fourth-order valence-corrected chi connectivity index (χ4v) is 2.12. The van der Waals surface area contributed by atoms with E-state index in [9.17, 15) is 18.8 Å². The minimum absolute atomic E-state index is 0.00650. The van der Waals surface area contributed by atoms with Crippen LogP contribution in [0.1, 0.15) is 17.3 Å². The molecule has 102 valence electrons. The first-order valence-corrected chi connectivity index (χ1v) is 5.99. The SMILES string of the molecule is CC(Sc1cc(C(=O)O)ccc1F)C(=O)NC(N)=O. The van der Waals surface area contributed by atoms with Crippen LogP contribution >= 0.6 is 11.8 Å². The Labute approximate surface area is 112 Å². The van der Waals surface area contributed by atoms with Gasteiger partial charge in [0.2, 0.25) is 5.91 Å². The maximum absolute atomic E-state index is 13.5. The molecule has 1 aromatic carbocycles. The van der Waals surface area contributed by atoms with Gasteiger partial charge in [0.15, 0.2) is 0 Å². The molecule has 0 heterocycles. The molecule has 6 nitrogen and oxygen atoms in total. The van der Waals surface area contributed by atoms with Crippen molar-refractivity contribution in [2.45, 2.75) is 17.1 Å². The molecule has 19 heavy (non-hydrogen) atoms. The highest BCUT2D eigenvalue weighted by Crippen LogP contribution is 2.27. The van der Waals surface area contributed by atoms with Crippen LogP contribution in [0.25, 0.3) is 0 Å². The van der Waals surface area contributed by atoms with E-state index in [0.29, 0.717) is 0 Å². The van der Waals surface area contributed by atoms with Crippen LogP contribution < -0.4 is 11.1 Å². The van der Waals surface area contributed by atoms with Gasteiger partial charge in [-0.25, -0.2) is 14.0 Å². The van der Waals surface area contributed by atoms with Crippen molar-refractivity contribution in [2.75, 3.05) is 0 Å². The van der Waals surface area contributed by atoms with Crippen LogP contribution in [0.4, 0.5) is 9.18 Å². The lowest BCUT2D eigenvalue weighted by Crippen LogP contribution is -2.39. The molecule has 0 fully saturated rings. The summed E-state index contributed by atoms with van der Waals surface area (Å²) < 4.78 is 13.5. The number of nitrogens with two attached hydrogens (primary N) is 1. The summed E-state index contributed by atoms with van der Waals surface area (Å²) in [5, 5.41) is 9.85. The Bertz CT molecular complexity index is 535. The normalized spacial score (nSPS) is 11.7. The van der Waals surface area contributed by atoms with E-state index < -0.39 is 29.0 Å². The second-order valence-electron chi connectivity index (χ2n) is 3.56. The largest absolute Gasteiger partial charge is 0.478 e. The minimum atomic E-state index is -1.20. The van der Waals surface area contributed by atoms with E-state index in [1.54, 1.807) is 0 Å². The number of thioether (sulfide) groups is 1. The Morgan fingerprint density at radius 3 is 2.58 bits per heavy atom. The van der Waals surface area contributed by atoms with Gasteiger partial charge in [-0.15, -0.1) is 11.8 Å². The van der Waals surface area contributed by atoms with Crippen molar-refractivity contribution in [3.63, 3.8) is 0 Å². The first kappa shape index (κ1) is 15.0. The average molecular weight is 286 g/mol. The van der Waals surface area contributed by atoms with E-state index >= 15 is 0 Å². The van der Waals surface area contributed by atoms with E-state index in [-0.39, 0.29) is 10.5 Å². The van der Waals surface area contributed by atoms with Crippen LogP contribution in [0.3, 0.4) is 0 Å². The summed E-state index contributed by atoms with van der Waals surface area (Å²) in [6.07, 6.45) is 0. The molecule has 1 unspecified atom stereocenters. The quantitative estimate of drug-likeness (QED) is 0.720. The second-order valence-corrected chi connectivity index (χ2v) is 4.95. The number of rotatable bonds is 4. The summed E-state index contributed by atoms with van der Waals surface area (Å²) in [5.74, 6) is -2.53. The molecule has 0 bridgehead atoms. The molecule has 1 aromatic rings. The third kappa shape index (κ3) is 4.25. The summed E-state index contributed by atoms with van der Waals surface area (Å²) >= 11 is 0.794. The van der Waals surface area contributed by atoms with Gasteiger partial charge in [-0.3, -0.25) is 10.1 Å². The maximum Gasteiger partial charge on any atom is 0.335 e. The number of carboxylic acids is 1. The molecule has 0 saturated heterocycles. The third-order valence-corrected chi connectivity index (χ3v) is 3.23. The number of aromatic carboxylic acids is 1. The summed E-state index contributed by atoms with van der Waals surface area (Å²) in [7, 11) is 0.